The highest BCUT2D eigenvalue weighted by atomic mass is 31.2. The molecule has 0 saturated heterocycles. The lowest BCUT2D eigenvalue weighted by molar-refractivity contribution is -0.137. The van der Waals surface area contributed by atoms with Crippen molar-refractivity contribution in [2.75, 3.05) is 26.2 Å². The second kappa shape index (κ2) is 12.2. The zero-order chi connectivity index (χ0) is 22.8. The van der Waals surface area contributed by atoms with Crippen molar-refractivity contribution in [3.05, 3.63) is 0 Å². The zero-order valence-electron chi connectivity index (χ0n) is 17.2. The Morgan fingerprint density at radius 1 is 1.03 bits per heavy atom. The second-order valence-electron chi connectivity index (χ2n) is 7.61. The minimum atomic E-state index is -4.73. The van der Waals surface area contributed by atoms with Crippen LogP contribution < -0.4 is 21.7 Å². The normalized spacial score (nSPS) is 14.2. The van der Waals surface area contributed by atoms with Crippen LogP contribution in [0.3, 0.4) is 0 Å². The topological polar surface area (TPSA) is 200 Å². The summed E-state index contributed by atoms with van der Waals surface area (Å²) in [5.74, 6) is -1.48. The predicted octanol–water partition coefficient (Wildman–Crippen LogP) is -1.80. The SMILES string of the molecule is CC(C)[C@H](N)C(=O)NCCNC(=O)CCNC(=O)[C@H](O)C(C)(C)COP(=O)(O)O. The number of carbonyl (C=O) groups is 3. The number of nitrogens with two attached hydrogens (primary N) is 1. The van der Waals surface area contributed by atoms with E-state index in [9.17, 15) is 24.1 Å². The maximum atomic E-state index is 11.9. The number of rotatable bonds is 13. The fourth-order valence-corrected chi connectivity index (χ4v) is 2.48. The van der Waals surface area contributed by atoms with Crippen LogP contribution in [0.2, 0.25) is 0 Å². The van der Waals surface area contributed by atoms with Gasteiger partial charge in [0.05, 0.1) is 12.6 Å². The molecule has 0 rings (SSSR count). The maximum Gasteiger partial charge on any atom is 0.469 e. The van der Waals surface area contributed by atoms with Crippen LogP contribution in [-0.2, 0) is 23.5 Å². The van der Waals surface area contributed by atoms with Crippen LogP contribution in [0.15, 0.2) is 0 Å². The van der Waals surface area contributed by atoms with E-state index >= 15 is 0 Å². The van der Waals surface area contributed by atoms with Crippen LogP contribution in [0.25, 0.3) is 0 Å². The van der Waals surface area contributed by atoms with E-state index in [-0.39, 0.29) is 43.8 Å². The van der Waals surface area contributed by atoms with Crippen molar-refractivity contribution in [1.82, 2.24) is 16.0 Å². The van der Waals surface area contributed by atoms with Gasteiger partial charge < -0.3 is 36.6 Å². The fourth-order valence-electron chi connectivity index (χ4n) is 1.98. The van der Waals surface area contributed by atoms with Gasteiger partial charge in [-0.3, -0.25) is 18.9 Å². The number of hydrogen-bond acceptors (Lipinski definition) is 7. The lowest BCUT2D eigenvalue weighted by Gasteiger charge is -2.29. The smallest absolute Gasteiger partial charge is 0.383 e. The maximum absolute atomic E-state index is 11.9. The summed E-state index contributed by atoms with van der Waals surface area (Å²) in [6, 6.07) is -0.622. The first-order chi connectivity index (χ1) is 13.2. The van der Waals surface area contributed by atoms with Crippen molar-refractivity contribution >= 4 is 25.5 Å². The zero-order valence-corrected chi connectivity index (χ0v) is 18.1. The number of phosphoric acid groups is 1. The van der Waals surface area contributed by atoms with E-state index < -0.39 is 37.9 Å². The first kappa shape index (κ1) is 27.4. The standard InChI is InChI=1S/C16H33N4O8P/c1-10(2)12(17)14(23)20-8-7-18-11(21)5-6-19-15(24)13(22)16(3,4)9-28-29(25,26)27/h10,12-13,22H,5-9,17H2,1-4H3,(H,18,21)(H,19,24)(H,20,23)(H2,25,26,27)/t12-,13-/m0/s1. The lowest BCUT2D eigenvalue weighted by atomic mass is 9.87. The third kappa shape index (κ3) is 11.9. The second-order valence-corrected chi connectivity index (χ2v) is 8.85. The largest absolute Gasteiger partial charge is 0.469 e. The van der Waals surface area contributed by atoms with Crippen LogP contribution >= 0.6 is 7.82 Å². The minimum absolute atomic E-state index is 0.00289. The number of carbonyl (C=O) groups excluding carboxylic acids is 3. The summed E-state index contributed by atoms with van der Waals surface area (Å²) < 4.78 is 15.1. The van der Waals surface area contributed by atoms with Gasteiger partial charge in [-0.1, -0.05) is 27.7 Å². The van der Waals surface area contributed by atoms with Gasteiger partial charge >= 0.3 is 7.82 Å². The van der Waals surface area contributed by atoms with E-state index in [0.717, 1.165) is 0 Å². The summed E-state index contributed by atoms with van der Waals surface area (Å²) >= 11 is 0. The number of aliphatic hydroxyl groups is 1. The number of amides is 3. The number of aliphatic hydroxyl groups excluding tert-OH is 1. The molecule has 0 fully saturated rings. The molecule has 3 amide bonds. The van der Waals surface area contributed by atoms with Crippen LogP contribution in [0, 0.1) is 11.3 Å². The first-order valence-corrected chi connectivity index (χ1v) is 10.7. The molecule has 170 valence electrons. The summed E-state index contributed by atoms with van der Waals surface area (Å²) in [5.41, 5.74) is 4.42. The van der Waals surface area contributed by atoms with Crippen LogP contribution in [0.1, 0.15) is 34.1 Å². The molecule has 13 heteroatoms. The molecule has 0 bridgehead atoms. The van der Waals surface area contributed by atoms with Crippen molar-refractivity contribution in [1.29, 1.82) is 0 Å². The Bertz CT molecular complexity index is 608. The molecule has 0 aliphatic heterocycles. The molecule has 0 aromatic rings. The Morgan fingerprint density at radius 3 is 2.07 bits per heavy atom. The number of hydrogen-bond donors (Lipinski definition) is 7. The molecule has 29 heavy (non-hydrogen) atoms. The molecule has 0 radical (unpaired) electrons. The van der Waals surface area contributed by atoms with E-state index in [1.54, 1.807) is 0 Å². The summed E-state index contributed by atoms with van der Waals surface area (Å²) in [6.07, 6.45) is -1.66. The molecule has 0 unspecified atom stereocenters. The van der Waals surface area contributed by atoms with Gasteiger partial charge in [-0.15, -0.1) is 0 Å². The van der Waals surface area contributed by atoms with Crippen molar-refractivity contribution in [2.45, 2.75) is 46.3 Å². The first-order valence-electron chi connectivity index (χ1n) is 9.13. The number of nitrogens with one attached hydrogen (secondary N) is 3. The Hall–Kier alpha value is -1.56. The lowest BCUT2D eigenvalue weighted by Crippen LogP contribution is -2.47. The molecule has 12 nitrogen and oxygen atoms in total. The van der Waals surface area contributed by atoms with Gasteiger partial charge in [-0.25, -0.2) is 4.57 Å². The highest BCUT2D eigenvalue weighted by Gasteiger charge is 2.35. The van der Waals surface area contributed by atoms with E-state index in [4.69, 9.17) is 15.5 Å². The number of phosphoric ester groups is 1. The van der Waals surface area contributed by atoms with Crippen molar-refractivity contribution < 1.29 is 38.4 Å². The van der Waals surface area contributed by atoms with Crippen molar-refractivity contribution in [2.24, 2.45) is 17.1 Å². The van der Waals surface area contributed by atoms with Gasteiger partial charge in [0.15, 0.2) is 0 Å². The third-order valence-corrected chi connectivity index (χ3v) is 4.48. The Kier molecular flexibility index (Phi) is 11.6. The van der Waals surface area contributed by atoms with E-state index in [0.29, 0.717) is 0 Å². The predicted molar refractivity (Wildman–Crippen MR) is 104 cm³/mol. The molecule has 0 heterocycles. The van der Waals surface area contributed by atoms with Gasteiger partial charge in [0, 0.05) is 31.5 Å². The molecule has 0 saturated carbocycles. The Balaban J connectivity index is 4.13. The van der Waals surface area contributed by atoms with Crippen LogP contribution in [-0.4, -0.2) is 71.0 Å². The van der Waals surface area contributed by atoms with Gasteiger partial charge in [0.1, 0.15) is 6.10 Å². The van der Waals surface area contributed by atoms with Gasteiger partial charge in [-0.05, 0) is 5.92 Å². The molecule has 8 N–H and O–H groups in total. The van der Waals surface area contributed by atoms with Crippen LogP contribution in [0.4, 0.5) is 0 Å². The molecule has 0 aliphatic carbocycles. The summed E-state index contributed by atoms with van der Waals surface area (Å²) in [7, 11) is -4.73. The average Bonchev–Trinajstić information content (AvgIpc) is 2.61. The van der Waals surface area contributed by atoms with E-state index in [1.807, 2.05) is 13.8 Å². The quantitative estimate of drug-likeness (QED) is 0.127. The summed E-state index contributed by atoms with van der Waals surface area (Å²) in [5, 5.41) is 17.5. The van der Waals surface area contributed by atoms with E-state index in [2.05, 4.69) is 20.5 Å². The molecular formula is C16H33N4O8P. The molecular weight excluding hydrogens is 407 g/mol. The summed E-state index contributed by atoms with van der Waals surface area (Å²) in [6.45, 7) is 6.26. The molecule has 0 aromatic heterocycles. The van der Waals surface area contributed by atoms with E-state index in [1.165, 1.54) is 13.8 Å². The highest BCUT2D eigenvalue weighted by Crippen LogP contribution is 2.38. The van der Waals surface area contributed by atoms with Crippen molar-refractivity contribution in [3.8, 4) is 0 Å². The third-order valence-electron chi connectivity index (χ3n) is 4.01. The monoisotopic (exact) mass is 440 g/mol. The van der Waals surface area contributed by atoms with Gasteiger partial charge in [0.2, 0.25) is 17.7 Å². The van der Waals surface area contributed by atoms with Crippen molar-refractivity contribution in [3.63, 3.8) is 0 Å². The molecule has 0 aromatic carbocycles. The van der Waals surface area contributed by atoms with Gasteiger partial charge in [0.25, 0.3) is 0 Å². The molecule has 0 aliphatic rings. The van der Waals surface area contributed by atoms with Gasteiger partial charge in [-0.2, -0.15) is 0 Å². The average molecular weight is 440 g/mol. The summed E-state index contributed by atoms with van der Waals surface area (Å²) in [4.78, 5) is 52.7. The minimum Gasteiger partial charge on any atom is -0.383 e. The fraction of sp³-hybridized carbons (Fsp3) is 0.812. The molecule has 0 spiro atoms. The Morgan fingerprint density at radius 2 is 1.55 bits per heavy atom. The molecule has 2 atom stereocenters. The highest BCUT2D eigenvalue weighted by molar-refractivity contribution is 7.46. The Labute approximate surface area is 170 Å². The van der Waals surface area contributed by atoms with Crippen LogP contribution in [0.5, 0.6) is 0 Å².